The Morgan fingerprint density at radius 3 is 2.73 bits per heavy atom. The molecule has 0 aromatic rings. The molecule has 2 rings (SSSR count). The summed E-state index contributed by atoms with van der Waals surface area (Å²) in [5.41, 5.74) is 0. The number of nitrogens with zero attached hydrogens (tertiary/aromatic N) is 1. The summed E-state index contributed by atoms with van der Waals surface area (Å²) in [7, 11) is 0. The highest BCUT2D eigenvalue weighted by atomic mass is 35.5. The van der Waals surface area contributed by atoms with Crippen LogP contribution in [-0.4, -0.2) is 29.3 Å². The minimum absolute atomic E-state index is 0.0606. The quantitative estimate of drug-likeness (QED) is 0.556. The van der Waals surface area contributed by atoms with Crippen molar-refractivity contribution in [2.75, 3.05) is 13.1 Å². The Bertz CT molecular complexity index is 167. The molecule has 62 valence electrons. The summed E-state index contributed by atoms with van der Waals surface area (Å²) in [5, 5.41) is -0.146. The molecule has 2 nitrogen and oxygen atoms in total. The Hall–Kier alpha value is -0.0800. The van der Waals surface area contributed by atoms with Crippen molar-refractivity contribution in [1.82, 2.24) is 4.90 Å². The second-order valence-corrected chi connectivity index (χ2v) is 3.85. The summed E-state index contributed by atoms with van der Waals surface area (Å²) in [5.74, 6) is 0.564. The maximum absolute atomic E-state index is 11.0. The van der Waals surface area contributed by atoms with Crippen molar-refractivity contribution in [2.24, 2.45) is 5.92 Å². The third-order valence-electron chi connectivity index (χ3n) is 2.88. The number of fused-ring (bicyclic) bond motifs is 2. The van der Waals surface area contributed by atoms with Crippen LogP contribution in [0.15, 0.2) is 0 Å². The lowest BCUT2D eigenvalue weighted by molar-refractivity contribution is -0.117. The van der Waals surface area contributed by atoms with Crippen molar-refractivity contribution in [3.63, 3.8) is 0 Å². The topological polar surface area (TPSA) is 20.3 Å². The van der Waals surface area contributed by atoms with Crippen LogP contribution < -0.4 is 0 Å². The van der Waals surface area contributed by atoms with Crippen LogP contribution in [0.3, 0.4) is 0 Å². The van der Waals surface area contributed by atoms with Crippen molar-refractivity contribution >= 4 is 16.8 Å². The van der Waals surface area contributed by atoms with Crippen LogP contribution in [0.25, 0.3) is 0 Å². The van der Waals surface area contributed by atoms with Gasteiger partial charge in [-0.2, -0.15) is 0 Å². The smallest absolute Gasteiger partial charge is 0.239 e. The van der Waals surface area contributed by atoms with E-state index in [2.05, 4.69) is 4.90 Å². The molecule has 2 aliphatic heterocycles. The SMILES string of the molecule is O=C(Cl)C1C2CCCN1CC2. The molecule has 3 heteroatoms. The minimum Gasteiger partial charge on any atom is -0.292 e. The maximum atomic E-state index is 11.0. The number of carbonyl (C=O) groups is 1. The molecule has 2 bridgehead atoms. The predicted molar refractivity (Wildman–Crippen MR) is 43.6 cm³/mol. The monoisotopic (exact) mass is 173 g/mol. The van der Waals surface area contributed by atoms with Gasteiger partial charge in [0.1, 0.15) is 0 Å². The van der Waals surface area contributed by atoms with E-state index in [1.54, 1.807) is 0 Å². The van der Waals surface area contributed by atoms with Gasteiger partial charge in [0.2, 0.25) is 5.24 Å². The van der Waals surface area contributed by atoms with Crippen LogP contribution in [0.1, 0.15) is 19.3 Å². The van der Waals surface area contributed by atoms with E-state index < -0.39 is 0 Å². The normalized spacial score (nSPS) is 42.5. The number of halogens is 1. The molecule has 0 N–H and O–H groups in total. The van der Waals surface area contributed by atoms with Crippen LogP contribution in [0, 0.1) is 5.92 Å². The van der Waals surface area contributed by atoms with Gasteiger partial charge in [-0.25, -0.2) is 0 Å². The van der Waals surface area contributed by atoms with Gasteiger partial charge < -0.3 is 0 Å². The van der Waals surface area contributed by atoms with Gasteiger partial charge in [0.05, 0.1) is 6.04 Å². The number of hydrogen-bond donors (Lipinski definition) is 0. The van der Waals surface area contributed by atoms with Crippen LogP contribution in [0.5, 0.6) is 0 Å². The molecule has 11 heavy (non-hydrogen) atoms. The largest absolute Gasteiger partial charge is 0.292 e. The molecular formula is C8H12ClNO. The fourth-order valence-electron chi connectivity index (χ4n) is 2.37. The van der Waals surface area contributed by atoms with Gasteiger partial charge in [0.15, 0.2) is 0 Å². The molecule has 0 aromatic carbocycles. The number of piperidine rings is 1. The van der Waals surface area contributed by atoms with E-state index >= 15 is 0 Å². The Kier molecular flexibility index (Phi) is 1.90. The van der Waals surface area contributed by atoms with Gasteiger partial charge in [0.25, 0.3) is 0 Å². The molecule has 2 saturated heterocycles. The zero-order valence-corrected chi connectivity index (χ0v) is 7.18. The molecule has 0 amide bonds. The van der Waals surface area contributed by atoms with Crippen molar-refractivity contribution < 1.29 is 4.79 Å². The van der Waals surface area contributed by atoms with Crippen LogP contribution in [0.4, 0.5) is 0 Å². The van der Waals surface area contributed by atoms with Gasteiger partial charge in [-0.15, -0.1) is 0 Å². The highest BCUT2D eigenvalue weighted by molar-refractivity contribution is 6.64. The maximum Gasteiger partial charge on any atom is 0.239 e. The number of hydrogen-bond acceptors (Lipinski definition) is 2. The van der Waals surface area contributed by atoms with Crippen LogP contribution >= 0.6 is 11.6 Å². The van der Waals surface area contributed by atoms with E-state index in [0.29, 0.717) is 5.92 Å². The molecule has 2 heterocycles. The summed E-state index contributed by atoms with van der Waals surface area (Å²) < 4.78 is 0. The Morgan fingerprint density at radius 1 is 1.36 bits per heavy atom. The van der Waals surface area contributed by atoms with Crippen LogP contribution in [0.2, 0.25) is 0 Å². The molecule has 0 aromatic heterocycles. The van der Waals surface area contributed by atoms with Gasteiger partial charge >= 0.3 is 0 Å². The molecule has 0 saturated carbocycles. The minimum atomic E-state index is -0.146. The summed E-state index contributed by atoms with van der Waals surface area (Å²) >= 11 is 5.51. The van der Waals surface area contributed by atoms with Gasteiger partial charge in [-0.1, -0.05) is 0 Å². The lowest BCUT2D eigenvalue weighted by Gasteiger charge is -2.29. The van der Waals surface area contributed by atoms with Crippen molar-refractivity contribution in [3.8, 4) is 0 Å². The fourth-order valence-corrected chi connectivity index (χ4v) is 2.68. The summed E-state index contributed by atoms with van der Waals surface area (Å²) in [6, 6.07) is 0.0606. The highest BCUT2D eigenvalue weighted by Gasteiger charge is 2.40. The molecule has 0 radical (unpaired) electrons. The second kappa shape index (κ2) is 2.76. The van der Waals surface area contributed by atoms with Crippen molar-refractivity contribution in [3.05, 3.63) is 0 Å². The Balaban J connectivity index is 2.15. The molecule has 0 spiro atoms. The zero-order chi connectivity index (χ0) is 7.84. The first kappa shape index (κ1) is 7.56. The first-order chi connectivity index (χ1) is 5.29. The van der Waals surface area contributed by atoms with E-state index in [9.17, 15) is 4.79 Å². The van der Waals surface area contributed by atoms with E-state index in [-0.39, 0.29) is 11.3 Å². The van der Waals surface area contributed by atoms with E-state index in [0.717, 1.165) is 13.1 Å². The molecule has 0 aliphatic carbocycles. The Labute approximate surface area is 71.5 Å². The third-order valence-corrected chi connectivity index (χ3v) is 3.10. The van der Waals surface area contributed by atoms with Gasteiger partial charge in [-0.3, -0.25) is 9.69 Å². The summed E-state index contributed by atoms with van der Waals surface area (Å²) in [4.78, 5) is 13.2. The van der Waals surface area contributed by atoms with E-state index in [4.69, 9.17) is 11.6 Å². The summed E-state index contributed by atoms with van der Waals surface area (Å²) in [6.45, 7) is 2.15. The average Bonchev–Trinajstić information content (AvgIpc) is 2.23. The lowest BCUT2D eigenvalue weighted by Crippen LogP contribution is -2.41. The molecular weight excluding hydrogens is 162 g/mol. The van der Waals surface area contributed by atoms with Gasteiger partial charge in [-0.05, 0) is 49.9 Å². The third kappa shape index (κ3) is 1.18. The first-order valence-corrected chi connectivity index (χ1v) is 4.60. The fraction of sp³-hybridized carbons (Fsp3) is 0.875. The molecule has 2 aliphatic rings. The highest BCUT2D eigenvalue weighted by Crippen LogP contribution is 2.33. The molecule has 2 fully saturated rings. The first-order valence-electron chi connectivity index (χ1n) is 4.22. The standard InChI is InChI=1S/C8H12ClNO/c9-8(11)7-6-2-1-4-10(7)5-3-6/h6-7H,1-5H2. The van der Waals surface area contributed by atoms with Crippen molar-refractivity contribution in [2.45, 2.75) is 25.3 Å². The van der Waals surface area contributed by atoms with Crippen molar-refractivity contribution in [1.29, 1.82) is 0 Å². The molecule has 3 atom stereocenters. The number of carbonyl (C=O) groups excluding carboxylic acids is 1. The predicted octanol–water partition coefficient (Wildman–Crippen LogP) is 1.24. The van der Waals surface area contributed by atoms with E-state index in [1.165, 1.54) is 19.3 Å². The van der Waals surface area contributed by atoms with Gasteiger partial charge in [0, 0.05) is 0 Å². The number of rotatable bonds is 1. The van der Waals surface area contributed by atoms with Crippen LogP contribution in [-0.2, 0) is 4.79 Å². The molecule has 3 unspecified atom stereocenters. The average molecular weight is 174 g/mol. The zero-order valence-electron chi connectivity index (χ0n) is 6.42. The second-order valence-electron chi connectivity index (χ2n) is 3.48. The Morgan fingerprint density at radius 2 is 2.18 bits per heavy atom. The lowest BCUT2D eigenvalue weighted by atomic mass is 9.93. The van der Waals surface area contributed by atoms with E-state index in [1.807, 2.05) is 0 Å². The summed E-state index contributed by atoms with van der Waals surface area (Å²) in [6.07, 6.45) is 3.61.